The van der Waals surface area contributed by atoms with Crippen LogP contribution in [0.3, 0.4) is 0 Å². The minimum atomic E-state index is -3.46. The first-order chi connectivity index (χ1) is 15.0. The number of sulfonamides is 1. The fraction of sp³-hybridized carbons (Fsp3) is 0.320. The van der Waals surface area contributed by atoms with Crippen molar-refractivity contribution in [2.45, 2.75) is 49.6 Å². The minimum absolute atomic E-state index is 0.116. The molecular weight excluding hydrogens is 406 g/mol. The number of imidazole rings is 1. The first kappa shape index (κ1) is 20.2. The van der Waals surface area contributed by atoms with Crippen molar-refractivity contribution in [1.82, 2.24) is 13.9 Å². The molecule has 160 valence electrons. The normalized spacial score (nSPS) is 15.8. The molecule has 0 amide bonds. The van der Waals surface area contributed by atoms with Crippen molar-refractivity contribution >= 4 is 31.8 Å². The summed E-state index contributed by atoms with van der Waals surface area (Å²) >= 11 is 0. The lowest BCUT2D eigenvalue weighted by molar-refractivity contribution is 0.286. The molecule has 3 aromatic carbocycles. The van der Waals surface area contributed by atoms with Gasteiger partial charge in [0.25, 0.3) is 0 Å². The summed E-state index contributed by atoms with van der Waals surface area (Å²) in [6, 6.07) is 20.0. The van der Waals surface area contributed by atoms with Gasteiger partial charge in [0.2, 0.25) is 10.0 Å². The minimum Gasteiger partial charge on any atom is -0.326 e. The monoisotopic (exact) mass is 433 g/mol. The molecule has 6 heteroatoms. The van der Waals surface area contributed by atoms with Gasteiger partial charge < -0.3 is 4.57 Å². The summed E-state index contributed by atoms with van der Waals surface area (Å²) in [4.78, 5) is 4.92. The largest absolute Gasteiger partial charge is 0.326 e. The van der Waals surface area contributed by atoms with Crippen molar-refractivity contribution in [1.29, 1.82) is 0 Å². The van der Waals surface area contributed by atoms with Gasteiger partial charge in [-0.15, -0.1) is 0 Å². The van der Waals surface area contributed by atoms with Crippen LogP contribution in [0, 0.1) is 0 Å². The summed E-state index contributed by atoms with van der Waals surface area (Å²) < 4.78 is 29.8. The van der Waals surface area contributed by atoms with Gasteiger partial charge in [-0.25, -0.2) is 13.4 Å². The lowest BCUT2D eigenvalue weighted by Crippen LogP contribution is -2.38. The number of fused-ring (bicyclic) bond motifs is 2. The molecule has 1 fully saturated rings. The van der Waals surface area contributed by atoms with Crippen LogP contribution in [0.25, 0.3) is 21.8 Å². The van der Waals surface area contributed by atoms with Crippen molar-refractivity contribution in [2.24, 2.45) is 0 Å². The van der Waals surface area contributed by atoms with Gasteiger partial charge in [-0.2, -0.15) is 4.31 Å². The fourth-order valence-electron chi connectivity index (χ4n) is 4.64. The van der Waals surface area contributed by atoms with Gasteiger partial charge in [0.15, 0.2) is 0 Å². The van der Waals surface area contributed by atoms with E-state index in [1.165, 1.54) is 17.2 Å². The molecule has 1 heterocycles. The van der Waals surface area contributed by atoms with Crippen LogP contribution in [0.2, 0.25) is 0 Å². The molecule has 0 aliphatic heterocycles. The summed E-state index contributed by atoms with van der Waals surface area (Å²) in [5, 5.41) is 2.36. The van der Waals surface area contributed by atoms with E-state index in [4.69, 9.17) is 0 Å². The maximum absolute atomic E-state index is 13.1. The van der Waals surface area contributed by atoms with E-state index in [-0.39, 0.29) is 6.04 Å². The van der Waals surface area contributed by atoms with E-state index in [9.17, 15) is 8.42 Å². The Balaban J connectivity index is 1.38. The smallest absolute Gasteiger partial charge is 0.243 e. The molecule has 5 rings (SSSR count). The standard InChI is InChI=1S/C25H27N3O2S/c1-27(22-9-3-2-4-10-22)31(29,30)23-13-11-19(12-14-23)17-28-18-26-24-15-20-7-5-6-8-21(20)16-25(24)28/h5-8,11-16,18,22H,2-4,9-10,17H2,1H3. The lowest BCUT2D eigenvalue weighted by atomic mass is 9.96. The Hall–Kier alpha value is -2.70. The molecule has 1 saturated carbocycles. The molecule has 4 aromatic rings. The number of rotatable bonds is 5. The van der Waals surface area contributed by atoms with Crippen molar-refractivity contribution in [3.63, 3.8) is 0 Å². The van der Waals surface area contributed by atoms with Crippen LogP contribution in [0.4, 0.5) is 0 Å². The zero-order chi connectivity index (χ0) is 21.4. The lowest BCUT2D eigenvalue weighted by Gasteiger charge is -2.30. The van der Waals surface area contributed by atoms with Crippen LogP contribution in [-0.4, -0.2) is 35.4 Å². The van der Waals surface area contributed by atoms with Crippen LogP contribution >= 0.6 is 0 Å². The fourth-order valence-corrected chi connectivity index (χ4v) is 6.06. The van der Waals surface area contributed by atoms with Crippen LogP contribution < -0.4 is 0 Å². The van der Waals surface area contributed by atoms with Gasteiger partial charge in [0.05, 0.1) is 22.3 Å². The van der Waals surface area contributed by atoms with E-state index < -0.39 is 10.0 Å². The quantitative estimate of drug-likeness (QED) is 0.435. The summed E-state index contributed by atoms with van der Waals surface area (Å²) in [5.74, 6) is 0. The Morgan fingerprint density at radius 3 is 2.35 bits per heavy atom. The van der Waals surface area contributed by atoms with E-state index in [0.717, 1.165) is 42.3 Å². The van der Waals surface area contributed by atoms with Gasteiger partial charge in [-0.05, 0) is 53.4 Å². The third-order valence-corrected chi connectivity index (χ3v) is 8.45. The second kappa shape index (κ2) is 8.09. The topological polar surface area (TPSA) is 55.2 Å². The van der Waals surface area contributed by atoms with Crippen LogP contribution in [-0.2, 0) is 16.6 Å². The highest BCUT2D eigenvalue weighted by atomic mass is 32.2. The Kier molecular flexibility index (Phi) is 5.28. The molecule has 31 heavy (non-hydrogen) atoms. The van der Waals surface area contributed by atoms with E-state index in [1.54, 1.807) is 23.5 Å². The number of benzene rings is 3. The molecule has 1 aliphatic rings. The summed E-state index contributed by atoms with van der Waals surface area (Å²) in [6.45, 7) is 0.646. The summed E-state index contributed by atoms with van der Waals surface area (Å²) in [5.41, 5.74) is 3.09. The Labute approximate surface area is 183 Å². The third-order valence-electron chi connectivity index (χ3n) is 6.53. The SMILES string of the molecule is CN(C1CCCCC1)S(=O)(=O)c1ccc(Cn2cnc3cc4ccccc4cc32)cc1. The molecule has 0 spiro atoms. The van der Waals surface area contributed by atoms with Gasteiger partial charge >= 0.3 is 0 Å². The van der Waals surface area contributed by atoms with E-state index in [2.05, 4.69) is 33.8 Å². The molecule has 1 aromatic heterocycles. The molecule has 0 atom stereocenters. The molecule has 5 nitrogen and oxygen atoms in total. The zero-order valence-electron chi connectivity index (χ0n) is 17.7. The van der Waals surface area contributed by atoms with Gasteiger partial charge in [0.1, 0.15) is 0 Å². The second-order valence-electron chi connectivity index (χ2n) is 8.52. The number of nitrogens with zero attached hydrogens (tertiary/aromatic N) is 3. The van der Waals surface area contributed by atoms with Crippen LogP contribution in [0.15, 0.2) is 71.9 Å². The van der Waals surface area contributed by atoms with E-state index in [0.29, 0.717) is 11.4 Å². The Bertz CT molecular complexity index is 1320. The number of hydrogen-bond donors (Lipinski definition) is 0. The predicted molar refractivity (Wildman–Crippen MR) is 125 cm³/mol. The zero-order valence-corrected chi connectivity index (χ0v) is 18.6. The van der Waals surface area contributed by atoms with Gasteiger partial charge in [0, 0.05) is 19.6 Å². The summed E-state index contributed by atoms with van der Waals surface area (Å²) in [7, 11) is -1.74. The molecule has 1 aliphatic carbocycles. The maximum Gasteiger partial charge on any atom is 0.243 e. The molecule has 0 N–H and O–H groups in total. The molecule has 0 bridgehead atoms. The van der Waals surface area contributed by atoms with Gasteiger partial charge in [-0.1, -0.05) is 55.7 Å². The number of hydrogen-bond acceptors (Lipinski definition) is 3. The maximum atomic E-state index is 13.1. The second-order valence-corrected chi connectivity index (χ2v) is 10.5. The molecular formula is C25H27N3O2S. The van der Waals surface area contributed by atoms with Gasteiger partial charge in [-0.3, -0.25) is 0 Å². The highest BCUT2D eigenvalue weighted by Gasteiger charge is 2.28. The highest BCUT2D eigenvalue weighted by molar-refractivity contribution is 7.89. The Morgan fingerprint density at radius 2 is 1.65 bits per heavy atom. The first-order valence-electron chi connectivity index (χ1n) is 10.9. The van der Waals surface area contributed by atoms with Crippen LogP contribution in [0.1, 0.15) is 37.7 Å². The average molecular weight is 434 g/mol. The average Bonchev–Trinajstić information content (AvgIpc) is 3.19. The molecule has 0 radical (unpaired) electrons. The van der Waals surface area contributed by atoms with E-state index in [1.807, 2.05) is 30.6 Å². The Morgan fingerprint density at radius 1 is 0.968 bits per heavy atom. The van der Waals surface area contributed by atoms with E-state index >= 15 is 0 Å². The van der Waals surface area contributed by atoms with Crippen molar-refractivity contribution in [3.8, 4) is 0 Å². The predicted octanol–water partition coefficient (Wildman–Crippen LogP) is 5.19. The summed E-state index contributed by atoms with van der Waals surface area (Å²) in [6.07, 6.45) is 7.19. The highest BCUT2D eigenvalue weighted by Crippen LogP contribution is 2.27. The first-order valence-corrected chi connectivity index (χ1v) is 12.4. The third kappa shape index (κ3) is 3.86. The van der Waals surface area contributed by atoms with Crippen LogP contribution in [0.5, 0.6) is 0 Å². The van der Waals surface area contributed by atoms with Crippen molar-refractivity contribution in [2.75, 3.05) is 7.05 Å². The number of aromatic nitrogens is 2. The van der Waals surface area contributed by atoms with Crippen molar-refractivity contribution in [3.05, 3.63) is 72.6 Å². The molecule has 0 unspecified atom stereocenters. The molecule has 0 saturated heterocycles. The van der Waals surface area contributed by atoms with Crippen molar-refractivity contribution < 1.29 is 8.42 Å².